The zero-order valence-electron chi connectivity index (χ0n) is 24.6. The van der Waals surface area contributed by atoms with Gasteiger partial charge in [0.25, 0.3) is 0 Å². The number of aryl methyl sites for hydroxylation is 1. The maximum absolute atomic E-state index is 11.7. The Kier molecular flexibility index (Phi) is 8.13. The number of ether oxygens (including phenoxy) is 3. The Morgan fingerprint density at radius 1 is 1.19 bits per heavy atom. The number of hydrogen-bond acceptors (Lipinski definition) is 7. The third-order valence-corrected chi connectivity index (χ3v) is 8.42. The number of benzene rings is 1. The lowest BCUT2D eigenvalue weighted by Crippen LogP contribution is -2.39. The van der Waals surface area contributed by atoms with Gasteiger partial charge in [0.1, 0.15) is 17.9 Å². The van der Waals surface area contributed by atoms with Crippen molar-refractivity contribution < 1.29 is 24.1 Å². The van der Waals surface area contributed by atoms with Crippen LogP contribution in [0.15, 0.2) is 53.9 Å². The summed E-state index contributed by atoms with van der Waals surface area (Å²) >= 11 is 0. The molecule has 0 amide bonds. The van der Waals surface area contributed by atoms with E-state index in [1.807, 2.05) is 12.1 Å². The maximum Gasteiger partial charge on any atom is 0.342 e. The number of allylic oxidation sites excluding steroid dienone is 3. The molecule has 220 valence electrons. The minimum atomic E-state index is -1.09. The summed E-state index contributed by atoms with van der Waals surface area (Å²) in [5.41, 5.74) is 8.24. The number of carbonyl (C=O) groups is 1. The summed E-state index contributed by atoms with van der Waals surface area (Å²) in [7, 11) is 0. The van der Waals surface area contributed by atoms with Crippen LogP contribution in [-0.4, -0.2) is 63.1 Å². The Hall–Kier alpha value is -3.95. The van der Waals surface area contributed by atoms with Gasteiger partial charge in [0.15, 0.2) is 5.82 Å². The van der Waals surface area contributed by atoms with Gasteiger partial charge in [-0.3, -0.25) is 4.90 Å². The van der Waals surface area contributed by atoms with Gasteiger partial charge in [-0.05, 0) is 86.4 Å². The molecule has 1 fully saturated rings. The van der Waals surface area contributed by atoms with E-state index in [4.69, 9.17) is 19.2 Å². The summed E-state index contributed by atoms with van der Waals surface area (Å²) < 4.78 is 19.3. The van der Waals surface area contributed by atoms with Crippen LogP contribution >= 0.6 is 0 Å². The van der Waals surface area contributed by atoms with Crippen molar-refractivity contribution in [3.8, 4) is 11.7 Å². The molecule has 42 heavy (non-hydrogen) atoms. The summed E-state index contributed by atoms with van der Waals surface area (Å²) in [6.07, 6.45) is 7.46. The first-order chi connectivity index (χ1) is 20.4. The standard InChI is InChI=1S/C33H38N4O5/c1-4-41-32-27(33(38)39)17-34-37(32)30-10-6-9-29(35-30)26-8-5-7-21(2)31(26)42-19-23-15-22(3)28-18-36(13-11-24(28)16-23)25-12-14-40-20-25/h6,8-10,15-17,25H,4-5,7,11-14,18-20H2,1-3H3,(H,38,39). The molecule has 0 radical (unpaired) electrons. The van der Waals surface area contributed by atoms with E-state index in [1.165, 1.54) is 38.7 Å². The van der Waals surface area contributed by atoms with E-state index >= 15 is 0 Å². The summed E-state index contributed by atoms with van der Waals surface area (Å²) in [5.74, 6) is 0.405. The zero-order valence-corrected chi connectivity index (χ0v) is 24.6. The summed E-state index contributed by atoms with van der Waals surface area (Å²) in [5, 5.41) is 13.8. The monoisotopic (exact) mass is 570 g/mol. The van der Waals surface area contributed by atoms with Gasteiger partial charge in [-0.25, -0.2) is 9.78 Å². The molecule has 1 aliphatic carbocycles. The van der Waals surface area contributed by atoms with Gasteiger partial charge in [-0.15, -0.1) is 0 Å². The summed E-state index contributed by atoms with van der Waals surface area (Å²) in [6, 6.07) is 10.8. The fourth-order valence-corrected chi connectivity index (χ4v) is 6.23. The summed E-state index contributed by atoms with van der Waals surface area (Å²) in [4.78, 5) is 19.1. The SMILES string of the molecule is CCOc1c(C(=O)O)cnn1-c1cccc(C2=CCCC(C)=C2OCc2cc(C)c3c(c2)CCN(C2CCOC2)C3)n1. The van der Waals surface area contributed by atoms with Crippen LogP contribution in [0.3, 0.4) is 0 Å². The van der Waals surface area contributed by atoms with Crippen molar-refractivity contribution >= 4 is 11.5 Å². The lowest BCUT2D eigenvalue weighted by molar-refractivity contribution is 0.0692. The van der Waals surface area contributed by atoms with E-state index in [2.05, 4.69) is 42.1 Å². The highest BCUT2D eigenvalue weighted by Crippen LogP contribution is 2.35. The number of pyridine rings is 1. The molecule has 2 aliphatic heterocycles. The van der Waals surface area contributed by atoms with Gasteiger partial charge < -0.3 is 19.3 Å². The molecule has 9 nitrogen and oxygen atoms in total. The van der Waals surface area contributed by atoms with Crippen LogP contribution in [0.25, 0.3) is 11.4 Å². The average molecular weight is 571 g/mol. The van der Waals surface area contributed by atoms with E-state index in [9.17, 15) is 9.90 Å². The molecule has 1 unspecified atom stereocenters. The number of carboxylic acid groups (broad SMARTS) is 1. The first-order valence-electron chi connectivity index (χ1n) is 14.8. The van der Waals surface area contributed by atoms with Crippen molar-refractivity contribution in [1.29, 1.82) is 0 Å². The Morgan fingerprint density at radius 2 is 2.07 bits per heavy atom. The van der Waals surface area contributed by atoms with E-state index in [0.717, 1.165) is 69.0 Å². The first-order valence-corrected chi connectivity index (χ1v) is 14.8. The van der Waals surface area contributed by atoms with Crippen LogP contribution in [0.1, 0.15) is 71.4 Å². The Bertz CT molecular complexity index is 1550. The molecule has 1 aromatic carbocycles. The van der Waals surface area contributed by atoms with Gasteiger partial charge >= 0.3 is 5.97 Å². The van der Waals surface area contributed by atoms with E-state index in [-0.39, 0.29) is 11.4 Å². The highest BCUT2D eigenvalue weighted by atomic mass is 16.5. The smallest absolute Gasteiger partial charge is 0.342 e. The molecule has 0 spiro atoms. The van der Waals surface area contributed by atoms with Crippen molar-refractivity contribution in [1.82, 2.24) is 19.7 Å². The highest BCUT2D eigenvalue weighted by molar-refractivity contribution is 5.90. The number of fused-ring (bicyclic) bond motifs is 1. The van der Waals surface area contributed by atoms with Crippen molar-refractivity contribution in [2.24, 2.45) is 0 Å². The van der Waals surface area contributed by atoms with Crippen LogP contribution in [0.4, 0.5) is 0 Å². The predicted octanol–water partition coefficient (Wildman–Crippen LogP) is 5.49. The van der Waals surface area contributed by atoms with Crippen molar-refractivity contribution in [3.05, 3.63) is 87.4 Å². The Labute approximate surface area is 246 Å². The topological polar surface area (TPSA) is 98.9 Å². The van der Waals surface area contributed by atoms with Crippen molar-refractivity contribution in [2.45, 2.75) is 65.6 Å². The van der Waals surface area contributed by atoms with Crippen LogP contribution in [0.2, 0.25) is 0 Å². The Balaban J connectivity index is 1.22. The number of aromatic nitrogens is 3. The lowest BCUT2D eigenvalue weighted by Gasteiger charge is -2.34. The molecular weight excluding hydrogens is 532 g/mol. The molecule has 1 N–H and O–H groups in total. The van der Waals surface area contributed by atoms with Crippen LogP contribution < -0.4 is 4.74 Å². The minimum absolute atomic E-state index is 0.00121. The zero-order chi connectivity index (χ0) is 29.2. The molecule has 9 heteroatoms. The summed E-state index contributed by atoms with van der Waals surface area (Å²) in [6.45, 7) is 10.7. The maximum atomic E-state index is 11.7. The van der Waals surface area contributed by atoms with E-state index < -0.39 is 5.97 Å². The number of carboxylic acids is 1. The Morgan fingerprint density at radius 3 is 2.86 bits per heavy atom. The lowest BCUT2D eigenvalue weighted by atomic mass is 9.92. The number of rotatable bonds is 9. The van der Waals surface area contributed by atoms with Crippen molar-refractivity contribution in [3.63, 3.8) is 0 Å². The normalized spacial score (nSPS) is 19.0. The van der Waals surface area contributed by atoms with Gasteiger partial charge in [0, 0.05) is 31.3 Å². The molecule has 6 rings (SSSR count). The second-order valence-electron chi connectivity index (χ2n) is 11.2. The molecule has 4 heterocycles. The number of nitrogens with zero attached hydrogens (tertiary/aromatic N) is 4. The number of hydrogen-bond donors (Lipinski definition) is 1. The first kappa shape index (κ1) is 28.2. The molecule has 3 aromatic rings. The van der Waals surface area contributed by atoms with Gasteiger partial charge in [-0.2, -0.15) is 9.78 Å². The third-order valence-electron chi connectivity index (χ3n) is 8.42. The molecule has 2 aromatic heterocycles. The largest absolute Gasteiger partial charge is 0.488 e. The molecule has 0 bridgehead atoms. The van der Waals surface area contributed by atoms with Crippen LogP contribution in [-0.2, 0) is 29.0 Å². The second kappa shape index (κ2) is 12.1. The second-order valence-corrected chi connectivity index (χ2v) is 11.2. The quantitative estimate of drug-likeness (QED) is 0.361. The fourth-order valence-electron chi connectivity index (χ4n) is 6.23. The minimum Gasteiger partial charge on any atom is -0.488 e. The van der Waals surface area contributed by atoms with Crippen LogP contribution in [0, 0.1) is 6.92 Å². The number of aromatic carboxylic acids is 1. The average Bonchev–Trinajstić information content (AvgIpc) is 3.68. The molecule has 1 saturated heterocycles. The fraction of sp³-hybridized carbons (Fsp3) is 0.424. The molecule has 0 saturated carbocycles. The van der Waals surface area contributed by atoms with E-state index in [0.29, 0.717) is 25.1 Å². The highest BCUT2D eigenvalue weighted by Gasteiger charge is 2.28. The van der Waals surface area contributed by atoms with E-state index in [1.54, 1.807) is 13.0 Å². The third kappa shape index (κ3) is 5.58. The van der Waals surface area contributed by atoms with Gasteiger partial charge in [0.05, 0.1) is 25.1 Å². The molecular formula is C33H38N4O5. The van der Waals surface area contributed by atoms with Gasteiger partial charge in [-0.1, -0.05) is 24.3 Å². The molecule has 3 aliphatic rings. The van der Waals surface area contributed by atoms with Crippen molar-refractivity contribution in [2.75, 3.05) is 26.4 Å². The predicted molar refractivity (Wildman–Crippen MR) is 159 cm³/mol. The van der Waals surface area contributed by atoms with Crippen LogP contribution in [0.5, 0.6) is 5.88 Å². The molecule has 1 atom stereocenters. The van der Waals surface area contributed by atoms with Gasteiger partial charge in [0.2, 0.25) is 5.88 Å².